The second-order valence-electron chi connectivity index (χ2n) is 3.96. The molecule has 0 bridgehead atoms. The van der Waals surface area contributed by atoms with Crippen LogP contribution in [0.15, 0.2) is 10.9 Å². The van der Waals surface area contributed by atoms with Gasteiger partial charge in [-0.05, 0) is 13.3 Å². The minimum Gasteiger partial charge on any atom is -0.481 e. The zero-order chi connectivity index (χ0) is 13.4. The van der Waals surface area contributed by atoms with Gasteiger partial charge in [0.2, 0.25) is 0 Å². The average Bonchev–Trinajstić information content (AvgIpc) is 2.79. The van der Waals surface area contributed by atoms with Crippen LogP contribution in [0.25, 0.3) is 0 Å². The number of nitrogens with zero attached hydrogens (tertiary/aromatic N) is 1. The monoisotopic (exact) mass is 271 g/mol. The van der Waals surface area contributed by atoms with Crippen LogP contribution >= 0.6 is 11.3 Å². The summed E-state index contributed by atoms with van der Waals surface area (Å²) in [5.41, 5.74) is 2.71. The Morgan fingerprint density at radius 1 is 1.56 bits per heavy atom. The molecule has 18 heavy (non-hydrogen) atoms. The second-order valence-corrected chi connectivity index (χ2v) is 4.68. The van der Waals surface area contributed by atoms with E-state index in [2.05, 4.69) is 15.6 Å². The third-order valence-electron chi connectivity index (χ3n) is 2.32. The van der Waals surface area contributed by atoms with Gasteiger partial charge in [-0.2, -0.15) is 0 Å². The van der Waals surface area contributed by atoms with Gasteiger partial charge in [-0.25, -0.2) is 9.78 Å². The van der Waals surface area contributed by atoms with Gasteiger partial charge in [0.1, 0.15) is 0 Å². The van der Waals surface area contributed by atoms with E-state index in [0.717, 1.165) is 5.69 Å². The van der Waals surface area contributed by atoms with E-state index in [9.17, 15) is 9.59 Å². The molecule has 0 saturated heterocycles. The Bertz CT molecular complexity index is 381. The number of amides is 2. The summed E-state index contributed by atoms with van der Waals surface area (Å²) in [6.07, 6.45) is 1.18. The van der Waals surface area contributed by atoms with Gasteiger partial charge in [0.25, 0.3) is 0 Å². The van der Waals surface area contributed by atoms with Gasteiger partial charge in [-0.15, -0.1) is 11.3 Å². The normalized spacial score (nSPS) is 11.8. The molecule has 0 radical (unpaired) electrons. The fraction of sp³-hybridized carbons (Fsp3) is 0.545. The Morgan fingerprint density at radius 2 is 2.33 bits per heavy atom. The van der Waals surface area contributed by atoms with Crippen molar-refractivity contribution in [3.8, 4) is 0 Å². The summed E-state index contributed by atoms with van der Waals surface area (Å²) in [7, 11) is 0. The first kappa shape index (κ1) is 14.4. The van der Waals surface area contributed by atoms with Gasteiger partial charge in [0.05, 0.1) is 11.2 Å². The predicted molar refractivity (Wildman–Crippen MR) is 68.7 cm³/mol. The molecular weight excluding hydrogens is 254 g/mol. The van der Waals surface area contributed by atoms with Crippen molar-refractivity contribution >= 4 is 23.3 Å². The van der Waals surface area contributed by atoms with Gasteiger partial charge in [0.15, 0.2) is 0 Å². The summed E-state index contributed by atoms with van der Waals surface area (Å²) < 4.78 is 0. The summed E-state index contributed by atoms with van der Waals surface area (Å²) in [4.78, 5) is 25.9. The number of urea groups is 1. The number of carboxylic acids is 1. The van der Waals surface area contributed by atoms with E-state index < -0.39 is 5.97 Å². The Kier molecular flexibility index (Phi) is 6.13. The van der Waals surface area contributed by atoms with Crippen molar-refractivity contribution in [1.82, 2.24) is 15.6 Å². The summed E-state index contributed by atoms with van der Waals surface area (Å²) in [5.74, 6) is -0.854. The minimum absolute atomic E-state index is 0.0558. The van der Waals surface area contributed by atoms with Crippen LogP contribution in [0.2, 0.25) is 0 Å². The number of rotatable bonds is 7. The lowest BCUT2D eigenvalue weighted by atomic mass is 10.2. The van der Waals surface area contributed by atoms with E-state index in [1.807, 2.05) is 5.38 Å². The first-order valence-corrected chi connectivity index (χ1v) is 6.65. The highest BCUT2D eigenvalue weighted by atomic mass is 32.1. The summed E-state index contributed by atoms with van der Waals surface area (Å²) in [5, 5.41) is 15.8. The topological polar surface area (TPSA) is 91.3 Å². The molecule has 0 aliphatic carbocycles. The molecule has 1 aromatic heterocycles. The number of carbonyl (C=O) groups excluding carboxylic acids is 1. The van der Waals surface area contributed by atoms with E-state index in [0.29, 0.717) is 19.4 Å². The highest BCUT2D eigenvalue weighted by Gasteiger charge is 2.08. The van der Waals surface area contributed by atoms with Crippen LogP contribution < -0.4 is 10.6 Å². The number of thiazole rings is 1. The maximum absolute atomic E-state index is 11.4. The summed E-state index contributed by atoms with van der Waals surface area (Å²) in [6.45, 7) is 2.30. The van der Waals surface area contributed by atoms with E-state index in [1.54, 1.807) is 12.4 Å². The second kappa shape index (κ2) is 7.65. The number of aliphatic carboxylic acids is 1. The van der Waals surface area contributed by atoms with Crippen LogP contribution in [0, 0.1) is 0 Å². The molecule has 1 unspecified atom stereocenters. The Labute approximate surface area is 109 Å². The molecule has 0 spiro atoms. The first-order chi connectivity index (χ1) is 8.58. The van der Waals surface area contributed by atoms with Gasteiger partial charge in [-0.1, -0.05) is 0 Å². The number of carbonyl (C=O) groups is 2. The van der Waals surface area contributed by atoms with Crippen LogP contribution in [0.3, 0.4) is 0 Å². The lowest BCUT2D eigenvalue weighted by Gasteiger charge is -2.13. The Morgan fingerprint density at radius 3 is 2.94 bits per heavy atom. The van der Waals surface area contributed by atoms with Gasteiger partial charge in [-0.3, -0.25) is 4.79 Å². The van der Waals surface area contributed by atoms with E-state index in [1.165, 1.54) is 11.3 Å². The molecule has 0 saturated carbocycles. The quantitative estimate of drug-likeness (QED) is 0.695. The molecule has 6 nitrogen and oxygen atoms in total. The zero-order valence-electron chi connectivity index (χ0n) is 10.2. The van der Waals surface area contributed by atoms with Crippen molar-refractivity contribution in [3.05, 3.63) is 16.6 Å². The molecule has 0 aromatic carbocycles. The smallest absolute Gasteiger partial charge is 0.315 e. The van der Waals surface area contributed by atoms with Crippen molar-refractivity contribution in [3.63, 3.8) is 0 Å². The largest absolute Gasteiger partial charge is 0.481 e. The van der Waals surface area contributed by atoms with Gasteiger partial charge >= 0.3 is 12.0 Å². The van der Waals surface area contributed by atoms with Gasteiger partial charge in [0, 0.05) is 30.8 Å². The molecule has 100 valence electrons. The standard InChI is InChI=1S/C11H17N3O3S/c1-8(2-3-10(15)16)14-11(17)12-5-4-9-6-18-7-13-9/h6-8H,2-5H2,1H3,(H,15,16)(H2,12,14,17). The molecule has 1 aromatic rings. The SMILES string of the molecule is CC(CCC(=O)O)NC(=O)NCCc1cscn1. The molecule has 3 N–H and O–H groups in total. The van der Waals surface area contributed by atoms with Crippen molar-refractivity contribution in [1.29, 1.82) is 0 Å². The third kappa shape index (κ3) is 6.19. The minimum atomic E-state index is -0.854. The van der Waals surface area contributed by atoms with Crippen LogP contribution in [0.1, 0.15) is 25.5 Å². The molecule has 7 heteroatoms. The van der Waals surface area contributed by atoms with Crippen LogP contribution in [-0.2, 0) is 11.2 Å². The average molecular weight is 271 g/mol. The van der Waals surface area contributed by atoms with Crippen molar-refractivity contribution in [2.24, 2.45) is 0 Å². The van der Waals surface area contributed by atoms with Crippen LogP contribution in [0.5, 0.6) is 0 Å². The number of hydrogen-bond acceptors (Lipinski definition) is 4. The van der Waals surface area contributed by atoms with Gasteiger partial charge < -0.3 is 15.7 Å². The number of nitrogens with one attached hydrogen (secondary N) is 2. The highest BCUT2D eigenvalue weighted by Crippen LogP contribution is 2.00. The van der Waals surface area contributed by atoms with Crippen LogP contribution in [0.4, 0.5) is 4.79 Å². The molecule has 1 heterocycles. The molecule has 2 amide bonds. The van der Waals surface area contributed by atoms with E-state index in [4.69, 9.17) is 5.11 Å². The molecule has 1 atom stereocenters. The van der Waals surface area contributed by atoms with Crippen molar-refractivity contribution in [2.45, 2.75) is 32.2 Å². The maximum atomic E-state index is 11.4. The molecular formula is C11H17N3O3S. The lowest BCUT2D eigenvalue weighted by Crippen LogP contribution is -2.41. The number of carboxylic acid groups (broad SMARTS) is 1. The Hall–Kier alpha value is -1.63. The van der Waals surface area contributed by atoms with E-state index in [-0.39, 0.29) is 18.5 Å². The summed E-state index contributed by atoms with van der Waals surface area (Å²) >= 11 is 1.52. The molecule has 1 rings (SSSR count). The number of aromatic nitrogens is 1. The third-order valence-corrected chi connectivity index (χ3v) is 2.95. The fourth-order valence-electron chi connectivity index (χ4n) is 1.35. The van der Waals surface area contributed by atoms with Crippen molar-refractivity contribution < 1.29 is 14.7 Å². The molecule has 0 fully saturated rings. The Balaban J connectivity index is 2.11. The molecule has 0 aliphatic rings. The first-order valence-electron chi connectivity index (χ1n) is 5.71. The fourth-order valence-corrected chi connectivity index (χ4v) is 1.94. The lowest BCUT2D eigenvalue weighted by molar-refractivity contribution is -0.137. The highest BCUT2D eigenvalue weighted by molar-refractivity contribution is 7.07. The maximum Gasteiger partial charge on any atom is 0.315 e. The predicted octanol–water partition coefficient (Wildman–Crippen LogP) is 1.24. The molecule has 0 aliphatic heterocycles. The summed E-state index contributed by atoms with van der Waals surface area (Å²) in [6, 6.07) is -0.427. The zero-order valence-corrected chi connectivity index (χ0v) is 11.0. The van der Waals surface area contributed by atoms with E-state index >= 15 is 0 Å². The number of hydrogen-bond donors (Lipinski definition) is 3. The van der Waals surface area contributed by atoms with Crippen LogP contribution in [-0.4, -0.2) is 34.7 Å². The van der Waals surface area contributed by atoms with Crippen molar-refractivity contribution in [2.75, 3.05) is 6.54 Å².